The van der Waals surface area contributed by atoms with Gasteiger partial charge >= 0.3 is 0 Å². The predicted molar refractivity (Wildman–Crippen MR) is 191 cm³/mol. The zero-order valence-electron chi connectivity index (χ0n) is 30.9. The van der Waals surface area contributed by atoms with E-state index in [1.165, 1.54) is 38.5 Å². The van der Waals surface area contributed by atoms with Crippen LogP contribution < -0.4 is 5.32 Å². The van der Waals surface area contributed by atoms with Gasteiger partial charge in [0.05, 0.1) is 12.6 Å². The van der Waals surface area contributed by atoms with Crippen molar-refractivity contribution in [1.29, 1.82) is 5.26 Å². The second-order valence-corrected chi connectivity index (χ2v) is 25.9. The molecule has 4 rings (SSSR count). The lowest BCUT2D eigenvalue weighted by atomic mass is 9.43. The van der Waals surface area contributed by atoms with Crippen LogP contribution in [0.2, 0.25) is 38.3 Å². The number of isocyanates is 1. The maximum absolute atomic E-state index is 12.2. The van der Waals surface area contributed by atoms with Crippen LogP contribution in [-0.4, -0.2) is 61.0 Å². The van der Waals surface area contributed by atoms with Crippen molar-refractivity contribution in [2.24, 2.45) is 51.3 Å². The molecule has 4 aliphatic carbocycles. The van der Waals surface area contributed by atoms with Crippen molar-refractivity contribution in [2.75, 3.05) is 20.2 Å². The van der Waals surface area contributed by atoms with E-state index in [0.29, 0.717) is 60.7 Å². The number of rotatable bonds is 16. The molecule has 4 aliphatic rings. The summed E-state index contributed by atoms with van der Waals surface area (Å²) in [5.41, 5.74) is 0.425. The molecule has 0 aromatic heterocycles. The smallest absolute Gasteiger partial charge is 0.286 e. The van der Waals surface area contributed by atoms with Gasteiger partial charge in [-0.15, -0.1) is 0 Å². The van der Waals surface area contributed by atoms with Crippen molar-refractivity contribution in [2.45, 2.75) is 148 Å². The molecule has 0 saturated heterocycles. The summed E-state index contributed by atoms with van der Waals surface area (Å²) >= 11 is 0. The van der Waals surface area contributed by atoms with Crippen LogP contribution in [0.25, 0.3) is 0 Å². The van der Waals surface area contributed by atoms with E-state index < -0.39 is 16.6 Å². The third-order valence-electron chi connectivity index (χ3n) is 13.7. The highest BCUT2D eigenvalue weighted by molar-refractivity contribution is 6.71. The van der Waals surface area contributed by atoms with Gasteiger partial charge in [0.25, 0.3) is 6.26 Å². The van der Waals surface area contributed by atoms with E-state index >= 15 is 0 Å². The fourth-order valence-electron chi connectivity index (χ4n) is 11.3. The summed E-state index contributed by atoms with van der Waals surface area (Å²) in [6.45, 7) is 18.0. The number of carbonyl (C=O) groups is 1. The maximum Gasteiger partial charge on any atom is 0.286 e. The SMILES string of the molecule is CNC(=O)CC[C@@H](C)[C@H]1CC[C@H]2[C@@H]3CC[C@@H]4C[C@H](O[Si](C)(C)CCCOC#N)CC[C@]4(C)[C@H]3C[C@H](O[Si](C)(C)CCCN=C=O)[C@]12C. The summed E-state index contributed by atoms with van der Waals surface area (Å²) in [5, 5.41) is 11.6. The normalized spacial score (nSPS) is 35.8. The molecule has 0 heterocycles. The van der Waals surface area contributed by atoms with Crippen molar-refractivity contribution in [3.8, 4) is 6.26 Å². The van der Waals surface area contributed by atoms with Gasteiger partial charge in [-0.2, -0.15) is 5.26 Å². The van der Waals surface area contributed by atoms with E-state index in [-0.39, 0.29) is 17.4 Å². The third kappa shape index (κ3) is 8.81. The predicted octanol–water partition coefficient (Wildman–Crippen LogP) is 8.21. The molecule has 10 atom stereocenters. The molecule has 0 aromatic rings. The Kier molecular flexibility index (Phi) is 13.1. The van der Waals surface area contributed by atoms with E-state index in [0.717, 1.165) is 50.1 Å². The first-order chi connectivity index (χ1) is 22.2. The second-order valence-electron chi connectivity index (χ2n) is 17.4. The van der Waals surface area contributed by atoms with Gasteiger partial charge in [-0.1, -0.05) is 20.8 Å². The average molecular weight is 688 g/mol. The van der Waals surface area contributed by atoms with Crippen molar-refractivity contribution in [3.05, 3.63) is 0 Å². The van der Waals surface area contributed by atoms with Crippen LogP contribution >= 0.6 is 0 Å². The molecule has 0 unspecified atom stereocenters. The maximum atomic E-state index is 12.2. The Morgan fingerprint density at radius 1 is 1.00 bits per heavy atom. The lowest BCUT2D eigenvalue weighted by Gasteiger charge is -2.64. The molecule has 4 fully saturated rings. The largest absolute Gasteiger partial charge is 0.428 e. The molecular weight excluding hydrogens is 623 g/mol. The molecule has 0 bridgehead atoms. The molecular formula is C37H65N3O5Si2. The minimum atomic E-state index is -2.03. The zero-order chi connectivity index (χ0) is 34.5. The monoisotopic (exact) mass is 687 g/mol. The summed E-state index contributed by atoms with van der Waals surface area (Å²) in [6.07, 6.45) is 17.2. The number of amides is 1. The molecule has 0 spiro atoms. The van der Waals surface area contributed by atoms with Crippen LogP contribution in [0.3, 0.4) is 0 Å². The Hall–Kier alpha value is -1.51. The van der Waals surface area contributed by atoms with Crippen LogP contribution in [0.15, 0.2) is 4.99 Å². The van der Waals surface area contributed by atoms with Gasteiger partial charge in [0, 0.05) is 19.6 Å². The van der Waals surface area contributed by atoms with Gasteiger partial charge in [0.1, 0.15) is 6.61 Å². The molecule has 0 aliphatic heterocycles. The van der Waals surface area contributed by atoms with E-state index in [1.54, 1.807) is 19.4 Å². The first-order valence-electron chi connectivity index (χ1n) is 18.8. The van der Waals surface area contributed by atoms with E-state index in [9.17, 15) is 9.59 Å². The summed E-state index contributed by atoms with van der Waals surface area (Å²) in [7, 11) is -2.12. The van der Waals surface area contributed by atoms with Crippen molar-refractivity contribution >= 4 is 28.6 Å². The average Bonchev–Trinajstić information content (AvgIpc) is 3.39. The van der Waals surface area contributed by atoms with Gasteiger partial charge in [0.2, 0.25) is 12.0 Å². The summed E-state index contributed by atoms with van der Waals surface area (Å²) in [4.78, 5) is 26.8. The van der Waals surface area contributed by atoms with Crippen molar-refractivity contribution in [1.82, 2.24) is 5.32 Å². The number of nitrogens with zero attached hydrogens (tertiary/aromatic N) is 2. The highest BCUT2D eigenvalue weighted by atomic mass is 28.4. The third-order valence-corrected chi connectivity index (χ3v) is 18.7. The summed E-state index contributed by atoms with van der Waals surface area (Å²) in [5.74, 6) is 3.95. The van der Waals surface area contributed by atoms with Crippen molar-refractivity contribution in [3.63, 3.8) is 0 Å². The van der Waals surface area contributed by atoms with E-state index in [2.05, 4.69) is 57.3 Å². The van der Waals surface area contributed by atoms with Gasteiger partial charge in [-0.3, -0.25) is 4.79 Å². The van der Waals surface area contributed by atoms with E-state index in [1.807, 2.05) is 0 Å². The Labute approximate surface area is 287 Å². The summed E-state index contributed by atoms with van der Waals surface area (Å²) in [6, 6.07) is 2.03. The van der Waals surface area contributed by atoms with Crippen LogP contribution in [0, 0.1) is 57.9 Å². The quantitative estimate of drug-likeness (QED) is 0.0576. The van der Waals surface area contributed by atoms with Gasteiger partial charge in [-0.05, 0) is 155 Å². The first kappa shape index (κ1) is 38.3. The molecule has 10 heteroatoms. The number of hydrogen-bond donors (Lipinski definition) is 1. The Morgan fingerprint density at radius 2 is 1.72 bits per heavy atom. The van der Waals surface area contributed by atoms with Crippen LogP contribution in [0.5, 0.6) is 0 Å². The van der Waals surface area contributed by atoms with Crippen LogP contribution in [0.4, 0.5) is 0 Å². The molecule has 266 valence electrons. The number of aliphatic imine (C=N–C) groups is 1. The molecule has 8 nitrogen and oxygen atoms in total. The van der Waals surface area contributed by atoms with E-state index in [4.69, 9.17) is 18.9 Å². The molecule has 4 saturated carbocycles. The highest BCUT2D eigenvalue weighted by Crippen LogP contribution is 2.69. The standard InChI is InChI=1S/C37H65N3O5Si2/c1-27(11-16-35(42)39-4)31-14-15-32-30-13-12-28-23-29(44-46(5,6)22-10-20-43-25-38)17-18-36(28,2)33(30)24-34(37(31,32)3)45-47(7,8)21-9-19-40-26-41/h27-34H,9-24H2,1-8H3,(H,39,42)/t27-,28-,29-,30+,31-,32+,33+,34+,36+,37-/m1/s1. The number of hydrogen-bond acceptors (Lipinski definition) is 7. The molecule has 47 heavy (non-hydrogen) atoms. The molecule has 0 aromatic carbocycles. The topological polar surface area (TPSA) is 110 Å². The number of nitrogens with one attached hydrogen (secondary N) is 1. The lowest BCUT2D eigenvalue weighted by molar-refractivity contribution is -0.169. The molecule has 1 N–H and O–H groups in total. The highest BCUT2D eigenvalue weighted by Gasteiger charge is 2.64. The Balaban J connectivity index is 1.54. The second kappa shape index (κ2) is 16.0. The fourth-order valence-corrected chi connectivity index (χ4v) is 15.8. The minimum Gasteiger partial charge on any atom is -0.428 e. The fraction of sp³-hybridized carbons (Fsp3) is 0.919. The molecule has 1 amide bonds. The summed E-state index contributed by atoms with van der Waals surface area (Å²) < 4.78 is 19.3. The van der Waals surface area contributed by atoms with Crippen LogP contribution in [0.1, 0.15) is 97.8 Å². The Morgan fingerprint density at radius 3 is 2.43 bits per heavy atom. The van der Waals surface area contributed by atoms with Gasteiger partial charge in [-0.25, -0.2) is 9.79 Å². The number of fused-ring (bicyclic) bond motifs is 5. The van der Waals surface area contributed by atoms with Crippen LogP contribution in [-0.2, 0) is 23.2 Å². The van der Waals surface area contributed by atoms with Gasteiger partial charge in [0.15, 0.2) is 16.6 Å². The number of ether oxygens (including phenoxy) is 1. The zero-order valence-corrected chi connectivity index (χ0v) is 32.9. The lowest BCUT2D eigenvalue weighted by Crippen LogP contribution is -2.61. The first-order valence-corrected chi connectivity index (χ1v) is 25.0. The minimum absolute atomic E-state index is 0.114. The molecule has 0 radical (unpaired) electrons. The van der Waals surface area contributed by atoms with Gasteiger partial charge < -0.3 is 18.9 Å². The number of nitriles is 1. The number of carbonyl (C=O) groups excluding carboxylic acids is 2. The van der Waals surface area contributed by atoms with Crippen molar-refractivity contribution < 1.29 is 23.2 Å². The Bertz CT molecular complexity index is 1160.